The Morgan fingerprint density at radius 3 is 2.69 bits per heavy atom. The van der Waals surface area contributed by atoms with Crippen LogP contribution < -0.4 is 20.8 Å². The maximum absolute atomic E-state index is 12.1. The van der Waals surface area contributed by atoms with Crippen LogP contribution in [0.25, 0.3) is 0 Å². The fourth-order valence-corrected chi connectivity index (χ4v) is 2.60. The van der Waals surface area contributed by atoms with E-state index >= 15 is 0 Å². The van der Waals surface area contributed by atoms with Crippen molar-refractivity contribution in [3.8, 4) is 5.75 Å². The summed E-state index contributed by atoms with van der Waals surface area (Å²) in [6, 6.07) is 12.0. The predicted octanol–water partition coefficient (Wildman–Crippen LogP) is 2.27. The van der Waals surface area contributed by atoms with Gasteiger partial charge in [-0.25, -0.2) is 5.43 Å². The van der Waals surface area contributed by atoms with Crippen LogP contribution in [0.3, 0.4) is 0 Å². The van der Waals surface area contributed by atoms with E-state index in [4.69, 9.17) is 21.1 Å². The molecular weight excluding hydrogens is 436 g/mol. The molecule has 0 aliphatic carbocycles. The summed E-state index contributed by atoms with van der Waals surface area (Å²) in [7, 11) is 1.56. The molecule has 0 fully saturated rings. The summed E-state index contributed by atoms with van der Waals surface area (Å²) in [5.41, 5.74) is 4.25. The van der Waals surface area contributed by atoms with Gasteiger partial charge in [-0.15, -0.1) is 0 Å². The van der Waals surface area contributed by atoms with Gasteiger partial charge in [-0.2, -0.15) is 5.10 Å². The van der Waals surface area contributed by atoms with Gasteiger partial charge in [-0.3, -0.25) is 14.4 Å². The lowest BCUT2D eigenvalue weighted by Gasteiger charge is -2.09. The largest absolute Gasteiger partial charge is 0.484 e. The first-order valence-corrected chi connectivity index (χ1v) is 10.2. The minimum Gasteiger partial charge on any atom is -0.484 e. The second-order valence-electron chi connectivity index (χ2n) is 6.67. The average Bonchev–Trinajstić information content (AvgIpc) is 2.78. The van der Waals surface area contributed by atoms with Gasteiger partial charge < -0.3 is 20.1 Å². The first kappa shape index (κ1) is 24.8. The molecule has 2 aromatic rings. The summed E-state index contributed by atoms with van der Waals surface area (Å²) < 4.78 is 10.4. The fraction of sp³-hybridized carbons (Fsp3) is 0.273. The smallest absolute Gasteiger partial charge is 0.329 e. The molecule has 0 saturated heterocycles. The number of rotatable bonds is 10. The van der Waals surface area contributed by atoms with Gasteiger partial charge in [-0.1, -0.05) is 29.8 Å². The van der Waals surface area contributed by atoms with Crippen molar-refractivity contribution in [2.75, 3.05) is 32.2 Å². The molecule has 0 aliphatic heterocycles. The molecule has 32 heavy (non-hydrogen) atoms. The Morgan fingerprint density at radius 2 is 1.94 bits per heavy atom. The molecule has 0 radical (unpaired) electrons. The Labute approximate surface area is 191 Å². The molecule has 0 atom stereocenters. The van der Waals surface area contributed by atoms with E-state index in [-0.39, 0.29) is 12.5 Å². The van der Waals surface area contributed by atoms with E-state index in [1.165, 1.54) is 6.21 Å². The number of ether oxygens (including phenoxy) is 2. The summed E-state index contributed by atoms with van der Waals surface area (Å²) in [5.74, 6) is -1.56. The minimum atomic E-state index is -0.876. The van der Waals surface area contributed by atoms with E-state index in [1.807, 2.05) is 13.0 Å². The van der Waals surface area contributed by atoms with Crippen molar-refractivity contribution >= 4 is 41.2 Å². The maximum atomic E-state index is 12.1. The number of hydrogen-bond donors (Lipinski definition) is 3. The van der Waals surface area contributed by atoms with Crippen LogP contribution in [0, 0.1) is 6.92 Å². The molecule has 3 amide bonds. The van der Waals surface area contributed by atoms with E-state index in [0.29, 0.717) is 41.6 Å². The summed E-state index contributed by atoms with van der Waals surface area (Å²) in [4.78, 5) is 35.4. The molecule has 0 bridgehead atoms. The number of benzene rings is 2. The first-order chi connectivity index (χ1) is 15.4. The molecule has 10 heteroatoms. The molecule has 0 spiro atoms. The molecule has 0 aromatic heterocycles. The van der Waals surface area contributed by atoms with Crippen LogP contribution in [0.5, 0.6) is 5.75 Å². The molecule has 0 saturated carbocycles. The highest BCUT2D eigenvalue weighted by Crippen LogP contribution is 2.20. The van der Waals surface area contributed by atoms with E-state index < -0.39 is 11.8 Å². The van der Waals surface area contributed by atoms with Crippen LogP contribution in [-0.2, 0) is 19.1 Å². The molecule has 9 nitrogen and oxygen atoms in total. The van der Waals surface area contributed by atoms with Gasteiger partial charge in [0.05, 0.1) is 6.21 Å². The molecule has 3 N–H and O–H groups in total. The highest BCUT2D eigenvalue weighted by Gasteiger charge is 2.11. The number of nitrogens with one attached hydrogen (secondary N) is 3. The zero-order valence-electron chi connectivity index (χ0n) is 17.8. The highest BCUT2D eigenvalue weighted by atomic mass is 35.5. The van der Waals surface area contributed by atoms with E-state index in [0.717, 1.165) is 5.56 Å². The molecule has 170 valence electrons. The first-order valence-electron chi connectivity index (χ1n) is 9.78. The molecule has 0 aliphatic rings. The molecule has 0 unspecified atom stereocenters. The second-order valence-corrected chi connectivity index (χ2v) is 7.08. The van der Waals surface area contributed by atoms with E-state index in [2.05, 4.69) is 21.2 Å². The van der Waals surface area contributed by atoms with E-state index in [9.17, 15) is 14.4 Å². The minimum absolute atomic E-state index is 0.202. The summed E-state index contributed by atoms with van der Waals surface area (Å²) in [5, 5.41) is 9.48. The number of nitrogens with zero attached hydrogens (tertiary/aromatic N) is 1. The highest BCUT2D eigenvalue weighted by molar-refractivity contribution is 6.35. The Bertz CT molecular complexity index is 981. The summed E-state index contributed by atoms with van der Waals surface area (Å²) >= 11 is 6.05. The normalized spacial score (nSPS) is 10.6. The van der Waals surface area contributed by atoms with Crippen LogP contribution >= 0.6 is 11.6 Å². The Kier molecular flexibility index (Phi) is 10.2. The lowest BCUT2D eigenvalue weighted by Crippen LogP contribution is -2.38. The Balaban J connectivity index is 1.79. The van der Waals surface area contributed by atoms with Crippen molar-refractivity contribution in [1.82, 2.24) is 10.7 Å². The zero-order valence-corrected chi connectivity index (χ0v) is 18.6. The number of hydrazone groups is 1. The zero-order chi connectivity index (χ0) is 23.3. The van der Waals surface area contributed by atoms with Gasteiger partial charge >= 0.3 is 11.8 Å². The van der Waals surface area contributed by atoms with Gasteiger partial charge in [0.2, 0.25) is 0 Å². The number of anilines is 1. The Morgan fingerprint density at radius 1 is 1.12 bits per heavy atom. The Hall–Kier alpha value is -3.43. The lowest BCUT2D eigenvalue weighted by molar-refractivity contribution is -0.139. The van der Waals surface area contributed by atoms with Gasteiger partial charge in [0.25, 0.3) is 5.91 Å². The number of carbonyl (C=O) groups is 3. The number of carbonyl (C=O) groups excluding carboxylic acids is 3. The number of aryl methyl sites for hydroxylation is 1. The second kappa shape index (κ2) is 13.1. The SMILES string of the molecule is COCCCNC(=O)C(=O)N/N=C\c1cccc(OCC(=O)Nc2ccc(C)c(Cl)c2)c1. The summed E-state index contributed by atoms with van der Waals surface area (Å²) in [6.45, 7) is 2.48. The van der Waals surface area contributed by atoms with Crippen LogP contribution in [0.4, 0.5) is 5.69 Å². The standard InChI is InChI=1S/C22H25ClN4O5/c1-15-7-8-17(12-19(15)23)26-20(28)14-32-18-6-3-5-16(11-18)13-25-27-22(30)21(29)24-9-4-10-31-2/h3,5-8,11-13H,4,9-10,14H2,1-2H3,(H,24,29)(H,26,28)(H,27,30)/b25-13-. The number of amides is 3. The van der Waals surface area contributed by atoms with E-state index in [1.54, 1.807) is 43.5 Å². The van der Waals surface area contributed by atoms with Crippen molar-refractivity contribution in [3.05, 3.63) is 58.6 Å². The van der Waals surface area contributed by atoms with Gasteiger partial charge in [0.15, 0.2) is 6.61 Å². The third-order valence-electron chi connectivity index (χ3n) is 4.08. The van der Waals surface area contributed by atoms with Crippen LogP contribution in [0.15, 0.2) is 47.6 Å². The monoisotopic (exact) mass is 460 g/mol. The van der Waals surface area contributed by atoms with Crippen molar-refractivity contribution < 1.29 is 23.9 Å². The lowest BCUT2D eigenvalue weighted by atomic mass is 10.2. The molecule has 2 aromatic carbocycles. The molecular formula is C22H25ClN4O5. The molecule has 2 rings (SSSR count). The van der Waals surface area contributed by atoms with Gasteiger partial charge in [0.1, 0.15) is 5.75 Å². The van der Waals surface area contributed by atoms with Gasteiger partial charge in [-0.05, 0) is 48.7 Å². The maximum Gasteiger partial charge on any atom is 0.329 e. The predicted molar refractivity (Wildman–Crippen MR) is 122 cm³/mol. The third kappa shape index (κ3) is 8.75. The van der Waals surface area contributed by atoms with Crippen LogP contribution in [0.1, 0.15) is 17.5 Å². The number of halogens is 1. The van der Waals surface area contributed by atoms with Crippen LogP contribution in [0.2, 0.25) is 5.02 Å². The van der Waals surface area contributed by atoms with Crippen LogP contribution in [-0.4, -0.2) is 50.8 Å². The van der Waals surface area contributed by atoms with Crippen molar-refractivity contribution in [2.45, 2.75) is 13.3 Å². The number of hydrogen-bond acceptors (Lipinski definition) is 6. The molecule has 0 heterocycles. The topological polar surface area (TPSA) is 118 Å². The number of methoxy groups -OCH3 is 1. The van der Waals surface area contributed by atoms with Crippen molar-refractivity contribution in [1.29, 1.82) is 0 Å². The average molecular weight is 461 g/mol. The van der Waals surface area contributed by atoms with Gasteiger partial charge in [0, 0.05) is 31.0 Å². The van der Waals surface area contributed by atoms with Crippen molar-refractivity contribution in [3.63, 3.8) is 0 Å². The van der Waals surface area contributed by atoms with Crippen molar-refractivity contribution in [2.24, 2.45) is 5.10 Å². The third-order valence-corrected chi connectivity index (χ3v) is 4.49. The quantitative estimate of drug-likeness (QED) is 0.217. The summed E-state index contributed by atoms with van der Waals surface area (Å²) in [6.07, 6.45) is 1.96. The fourth-order valence-electron chi connectivity index (χ4n) is 2.42.